The van der Waals surface area contributed by atoms with Crippen LogP contribution in [-0.2, 0) is 20.6 Å². The van der Waals surface area contributed by atoms with E-state index >= 15 is 0 Å². The minimum atomic E-state index is -3.93. The number of nitrogens with one attached hydrogen (secondary N) is 2. The Kier molecular flexibility index (Phi) is 7.73. The molecular formula is C21H28N7O6P. The van der Waals surface area contributed by atoms with Gasteiger partial charge in [0.05, 0.1) is 31.6 Å². The minimum Gasteiger partial charge on any atom is -0.496 e. The summed E-state index contributed by atoms with van der Waals surface area (Å²) < 4.78 is 26.4. The van der Waals surface area contributed by atoms with E-state index in [0.717, 1.165) is 0 Å². The zero-order chi connectivity index (χ0) is 25.8. The lowest BCUT2D eigenvalue weighted by Crippen LogP contribution is -2.48. The third kappa shape index (κ3) is 6.13. The van der Waals surface area contributed by atoms with Crippen molar-refractivity contribution in [3.63, 3.8) is 0 Å². The molecule has 0 bridgehead atoms. The number of aliphatic carboxylic acids is 1. The quantitative estimate of drug-likeness (QED) is 0.279. The second-order valence-electron chi connectivity index (χ2n) is 8.36. The van der Waals surface area contributed by atoms with Crippen LogP contribution in [0.4, 0.5) is 5.82 Å². The number of carboxylic acids is 1. The maximum Gasteiger partial charge on any atom is 0.323 e. The molecule has 2 heterocycles. The van der Waals surface area contributed by atoms with Gasteiger partial charge in [0.15, 0.2) is 11.5 Å². The maximum absolute atomic E-state index is 13.8. The Labute approximate surface area is 201 Å². The van der Waals surface area contributed by atoms with Crippen molar-refractivity contribution in [3.05, 3.63) is 42.5 Å². The number of anilines is 1. The van der Waals surface area contributed by atoms with Crippen LogP contribution in [0.2, 0.25) is 0 Å². The molecular weight excluding hydrogens is 477 g/mol. The van der Waals surface area contributed by atoms with Gasteiger partial charge in [-0.1, -0.05) is 12.1 Å². The van der Waals surface area contributed by atoms with Gasteiger partial charge in [-0.2, -0.15) is 0 Å². The maximum atomic E-state index is 13.8. The molecule has 0 aliphatic heterocycles. The van der Waals surface area contributed by atoms with Crippen molar-refractivity contribution in [3.8, 4) is 5.75 Å². The molecule has 2 atom stereocenters. The van der Waals surface area contributed by atoms with Gasteiger partial charge < -0.3 is 24.9 Å². The molecule has 0 fully saturated rings. The summed E-state index contributed by atoms with van der Waals surface area (Å²) >= 11 is 0. The van der Waals surface area contributed by atoms with Gasteiger partial charge in [0.25, 0.3) is 13.4 Å². The first-order valence-electron chi connectivity index (χ1n) is 10.6. The number of methoxy groups -OCH3 is 1. The van der Waals surface area contributed by atoms with Gasteiger partial charge in [0, 0.05) is 0 Å². The third-order valence-corrected chi connectivity index (χ3v) is 7.05. The van der Waals surface area contributed by atoms with Crippen molar-refractivity contribution in [1.29, 1.82) is 0 Å². The number of hydrogen-bond acceptors (Lipinski definition) is 9. The summed E-state index contributed by atoms with van der Waals surface area (Å²) in [6, 6.07) is 6.40. The molecule has 0 radical (unpaired) electrons. The molecule has 13 nitrogen and oxygen atoms in total. The fourth-order valence-electron chi connectivity index (χ4n) is 3.24. The summed E-state index contributed by atoms with van der Waals surface area (Å²) in [6.45, 7) is 4.67. The standard InChI is InChI=1S/C21H28N7O6P/c1-13(9-28-11-25-16-17(22)23-10-24-18(16)28)34-12-35(32,27-21(2,3)20(30)31)26-19(29)14-7-5-6-8-15(14)33-4/h5-8,10-11,13H,9,12H2,1-4H3,(H,30,31)(H2,22,23,24)(H2,26,27,29,32)/t13-,35+/m1/s1. The van der Waals surface area contributed by atoms with E-state index in [1.807, 2.05) is 0 Å². The highest BCUT2D eigenvalue weighted by Crippen LogP contribution is 2.40. The molecule has 5 N–H and O–H groups in total. The molecule has 1 aromatic carbocycles. The highest BCUT2D eigenvalue weighted by atomic mass is 31.2. The molecule has 188 valence electrons. The van der Waals surface area contributed by atoms with Crippen molar-refractivity contribution in [2.45, 2.75) is 39.0 Å². The number of carboxylic acid groups (broad SMARTS) is 1. The zero-order valence-electron chi connectivity index (χ0n) is 19.8. The number of nitrogen functional groups attached to an aromatic ring is 1. The molecule has 0 saturated heterocycles. The van der Waals surface area contributed by atoms with E-state index in [-0.39, 0.29) is 23.7 Å². The first-order valence-corrected chi connectivity index (χ1v) is 12.5. The normalized spacial score (nSPS) is 14.3. The molecule has 14 heteroatoms. The number of aromatic nitrogens is 4. The number of fused-ring (bicyclic) bond motifs is 1. The van der Waals surface area contributed by atoms with E-state index in [0.29, 0.717) is 11.2 Å². The Bertz CT molecular complexity index is 1280. The van der Waals surface area contributed by atoms with Gasteiger partial charge >= 0.3 is 5.97 Å². The third-order valence-electron chi connectivity index (χ3n) is 5.05. The summed E-state index contributed by atoms with van der Waals surface area (Å²) in [7, 11) is -2.52. The molecule has 0 saturated carbocycles. The van der Waals surface area contributed by atoms with E-state index in [4.69, 9.17) is 15.2 Å². The Balaban J connectivity index is 1.78. The Hall–Kier alpha value is -3.54. The van der Waals surface area contributed by atoms with E-state index in [2.05, 4.69) is 25.1 Å². The lowest BCUT2D eigenvalue weighted by molar-refractivity contribution is -0.142. The number of hydrogen-bond donors (Lipinski definition) is 4. The number of ether oxygens (including phenoxy) is 2. The van der Waals surface area contributed by atoms with Crippen LogP contribution >= 0.6 is 7.44 Å². The number of carbonyl (C=O) groups is 2. The summed E-state index contributed by atoms with van der Waals surface area (Å²) in [5.41, 5.74) is 5.28. The van der Waals surface area contributed by atoms with Gasteiger partial charge in [0.2, 0.25) is 0 Å². The number of carbonyl (C=O) groups excluding carboxylic acids is 1. The zero-order valence-corrected chi connectivity index (χ0v) is 20.7. The number of rotatable bonds is 11. The molecule has 1 amide bonds. The highest BCUT2D eigenvalue weighted by Gasteiger charge is 2.38. The molecule has 0 unspecified atom stereocenters. The Morgan fingerprint density at radius 3 is 2.66 bits per heavy atom. The first-order chi connectivity index (χ1) is 16.5. The molecule has 0 aliphatic rings. The van der Waals surface area contributed by atoms with Crippen LogP contribution in [0, 0.1) is 0 Å². The van der Waals surface area contributed by atoms with Gasteiger partial charge in [-0.3, -0.25) is 19.2 Å². The number of para-hydroxylation sites is 1. The number of imidazole rings is 1. The van der Waals surface area contributed by atoms with Crippen LogP contribution in [0.25, 0.3) is 11.2 Å². The lowest BCUT2D eigenvalue weighted by atomic mass is 10.1. The van der Waals surface area contributed by atoms with Crippen LogP contribution in [-0.4, -0.2) is 61.6 Å². The number of nitrogens with zero attached hydrogens (tertiary/aromatic N) is 4. The van der Waals surface area contributed by atoms with Crippen LogP contribution in [0.1, 0.15) is 31.1 Å². The first kappa shape index (κ1) is 26.1. The number of benzene rings is 1. The van der Waals surface area contributed by atoms with Crippen molar-refractivity contribution < 1.29 is 28.7 Å². The van der Waals surface area contributed by atoms with Gasteiger partial charge in [-0.25, -0.2) is 20.0 Å². The molecule has 0 aliphatic carbocycles. The van der Waals surface area contributed by atoms with Crippen molar-refractivity contribution in [2.75, 3.05) is 19.2 Å². The Morgan fingerprint density at radius 2 is 1.97 bits per heavy atom. The predicted molar refractivity (Wildman–Crippen MR) is 128 cm³/mol. The molecule has 35 heavy (non-hydrogen) atoms. The van der Waals surface area contributed by atoms with E-state index in [1.165, 1.54) is 39.7 Å². The van der Waals surface area contributed by atoms with Crippen molar-refractivity contribution in [1.82, 2.24) is 29.7 Å². The minimum absolute atomic E-state index is 0.139. The SMILES string of the molecule is COc1ccccc1C(=O)N[P@@](=O)(CO[C@H](C)Cn1cnc2c(N)ncnc21)NC(C)(C)C(=O)O. The number of nitrogens with two attached hydrogens (primary N) is 1. The lowest BCUT2D eigenvalue weighted by Gasteiger charge is -2.29. The van der Waals surface area contributed by atoms with Gasteiger partial charge in [0.1, 0.15) is 29.5 Å². The summed E-state index contributed by atoms with van der Waals surface area (Å²) in [5.74, 6) is -1.44. The van der Waals surface area contributed by atoms with Crippen LogP contribution < -0.4 is 20.6 Å². The average Bonchev–Trinajstić information content (AvgIpc) is 3.21. The van der Waals surface area contributed by atoms with E-state index < -0.39 is 37.3 Å². The summed E-state index contributed by atoms with van der Waals surface area (Å²) in [6.07, 6.45) is 1.86. The molecule has 2 aromatic heterocycles. The van der Waals surface area contributed by atoms with Crippen LogP contribution in [0.5, 0.6) is 5.75 Å². The smallest absolute Gasteiger partial charge is 0.323 e. The largest absolute Gasteiger partial charge is 0.496 e. The van der Waals surface area contributed by atoms with Crippen LogP contribution in [0.3, 0.4) is 0 Å². The fraction of sp³-hybridized carbons (Fsp3) is 0.381. The second-order valence-corrected chi connectivity index (χ2v) is 10.5. The van der Waals surface area contributed by atoms with Gasteiger partial charge in [-0.15, -0.1) is 0 Å². The topological polar surface area (TPSA) is 184 Å². The molecule has 0 spiro atoms. The average molecular weight is 505 g/mol. The van der Waals surface area contributed by atoms with Crippen molar-refractivity contribution >= 4 is 36.3 Å². The summed E-state index contributed by atoms with van der Waals surface area (Å²) in [4.78, 5) is 36.9. The predicted octanol–water partition coefficient (Wildman–Crippen LogP) is 1.86. The highest BCUT2D eigenvalue weighted by molar-refractivity contribution is 7.60. The number of amides is 1. The molecule has 3 rings (SSSR count). The Morgan fingerprint density at radius 1 is 1.26 bits per heavy atom. The monoisotopic (exact) mass is 505 g/mol. The van der Waals surface area contributed by atoms with Crippen molar-refractivity contribution in [2.24, 2.45) is 0 Å². The summed E-state index contributed by atoms with van der Waals surface area (Å²) in [5, 5.41) is 14.5. The van der Waals surface area contributed by atoms with Crippen LogP contribution in [0.15, 0.2) is 36.9 Å². The van der Waals surface area contributed by atoms with Gasteiger partial charge in [-0.05, 0) is 32.9 Å². The molecule has 3 aromatic rings. The van der Waals surface area contributed by atoms with E-state index in [1.54, 1.807) is 29.7 Å². The second kappa shape index (κ2) is 10.4. The fourth-order valence-corrected chi connectivity index (χ4v) is 5.34. The van der Waals surface area contributed by atoms with E-state index in [9.17, 15) is 19.3 Å².